The van der Waals surface area contributed by atoms with Crippen molar-refractivity contribution >= 4 is 22.3 Å². The van der Waals surface area contributed by atoms with Gasteiger partial charge in [0.05, 0.1) is 24.7 Å². The van der Waals surface area contributed by atoms with E-state index in [1.54, 1.807) is 0 Å². The van der Waals surface area contributed by atoms with Gasteiger partial charge in [-0.2, -0.15) is 15.2 Å². The van der Waals surface area contributed by atoms with Crippen LogP contribution in [0.15, 0.2) is 42.5 Å². The van der Waals surface area contributed by atoms with Crippen molar-refractivity contribution in [3.63, 3.8) is 0 Å². The van der Waals surface area contributed by atoms with E-state index >= 15 is 0 Å². The highest BCUT2D eigenvalue weighted by Crippen LogP contribution is 2.35. The third-order valence-corrected chi connectivity index (χ3v) is 8.47. The number of hydrogen-bond acceptors (Lipinski definition) is 8. The van der Waals surface area contributed by atoms with Gasteiger partial charge in [0.25, 0.3) is 0 Å². The maximum Gasteiger partial charge on any atom is 0.318 e. The molecular formula is C30H37N7O. The maximum atomic E-state index is 9.32. The molecule has 2 fully saturated rings. The monoisotopic (exact) mass is 511 g/mol. The summed E-state index contributed by atoms with van der Waals surface area (Å²) in [6.45, 7) is 7.17. The molecule has 4 heterocycles. The van der Waals surface area contributed by atoms with E-state index in [-0.39, 0.29) is 12.1 Å². The molecular weight excluding hydrogens is 474 g/mol. The Balaban J connectivity index is 1.34. The molecule has 0 unspecified atom stereocenters. The van der Waals surface area contributed by atoms with E-state index in [0.717, 1.165) is 57.1 Å². The van der Waals surface area contributed by atoms with Gasteiger partial charge in [0.1, 0.15) is 12.4 Å². The number of nitriles is 1. The molecule has 0 saturated carbocycles. The first kappa shape index (κ1) is 24.9. The van der Waals surface area contributed by atoms with E-state index in [4.69, 9.17) is 14.7 Å². The fraction of sp³-hybridized carbons (Fsp3) is 0.500. The lowest BCUT2D eigenvalue weighted by Gasteiger charge is -2.41. The van der Waals surface area contributed by atoms with E-state index < -0.39 is 0 Å². The van der Waals surface area contributed by atoms with Gasteiger partial charge in [-0.1, -0.05) is 36.4 Å². The van der Waals surface area contributed by atoms with Crippen LogP contribution in [0.25, 0.3) is 10.8 Å². The Morgan fingerprint density at radius 1 is 1.13 bits per heavy atom. The van der Waals surface area contributed by atoms with Crippen LogP contribution in [-0.4, -0.2) is 72.8 Å². The molecule has 1 N–H and O–H groups in total. The molecule has 3 aromatic rings. The molecule has 0 amide bonds. The molecule has 3 atom stereocenters. The Hall–Kier alpha value is -3.41. The molecule has 38 heavy (non-hydrogen) atoms. The van der Waals surface area contributed by atoms with Gasteiger partial charge in [-0.05, 0) is 51.2 Å². The van der Waals surface area contributed by atoms with Crippen molar-refractivity contribution < 1.29 is 4.74 Å². The van der Waals surface area contributed by atoms with Gasteiger partial charge in [-0.15, -0.1) is 0 Å². The molecule has 3 aliphatic rings. The molecule has 0 spiro atoms. The van der Waals surface area contributed by atoms with Gasteiger partial charge in [-0.3, -0.25) is 0 Å². The van der Waals surface area contributed by atoms with E-state index in [2.05, 4.69) is 82.5 Å². The summed E-state index contributed by atoms with van der Waals surface area (Å²) < 4.78 is 6.30. The van der Waals surface area contributed by atoms with Gasteiger partial charge in [0.15, 0.2) is 0 Å². The average Bonchev–Trinajstić information content (AvgIpc) is 3.36. The smallest absolute Gasteiger partial charge is 0.318 e. The number of likely N-dealkylation sites (tertiary alicyclic amines) is 1. The zero-order chi connectivity index (χ0) is 26.1. The Labute approximate surface area is 225 Å². The van der Waals surface area contributed by atoms with Crippen molar-refractivity contribution in [3.05, 3.63) is 53.7 Å². The molecule has 6 rings (SSSR count). The third kappa shape index (κ3) is 4.89. The summed E-state index contributed by atoms with van der Waals surface area (Å²) in [5.74, 6) is 0.985. The van der Waals surface area contributed by atoms with Gasteiger partial charge in [-0.25, -0.2) is 0 Å². The summed E-state index contributed by atoms with van der Waals surface area (Å²) in [5, 5.41) is 15.4. The first-order chi connectivity index (χ1) is 18.6. The fourth-order valence-corrected chi connectivity index (χ4v) is 6.21. The highest BCUT2D eigenvalue weighted by Gasteiger charge is 2.32. The fourth-order valence-electron chi connectivity index (χ4n) is 6.21. The Bertz CT molecular complexity index is 1330. The van der Waals surface area contributed by atoms with Crippen LogP contribution in [0.1, 0.15) is 37.4 Å². The molecule has 198 valence electrons. The minimum atomic E-state index is 0.133. The van der Waals surface area contributed by atoms with Crippen molar-refractivity contribution in [1.82, 2.24) is 20.2 Å². The van der Waals surface area contributed by atoms with Crippen LogP contribution in [0, 0.1) is 11.3 Å². The summed E-state index contributed by atoms with van der Waals surface area (Å²) in [4.78, 5) is 17.2. The molecule has 2 aromatic carbocycles. The molecule has 8 heteroatoms. The second kappa shape index (κ2) is 10.8. The Morgan fingerprint density at radius 2 is 2.00 bits per heavy atom. The predicted octanol–water partition coefficient (Wildman–Crippen LogP) is 3.75. The topological polar surface area (TPSA) is 80.5 Å². The largest absolute Gasteiger partial charge is 0.462 e. The van der Waals surface area contributed by atoms with E-state index in [9.17, 15) is 5.26 Å². The Morgan fingerprint density at radius 3 is 2.84 bits per heavy atom. The van der Waals surface area contributed by atoms with Gasteiger partial charge >= 0.3 is 6.01 Å². The minimum absolute atomic E-state index is 0.133. The Kier molecular flexibility index (Phi) is 7.05. The normalized spacial score (nSPS) is 23.9. The quantitative estimate of drug-likeness (QED) is 0.536. The number of nitrogens with one attached hydrogen (secondary N) is 1. The first-order valence-electron chi connectivity index (χ1n) is 13.9. The van der Waals surface area contributed by atoms with Gasteiger partial charge in [0.2, 0.25) is 0 Å². The second-order valence-electron chi connectivity index (χ2n) is 11.0. The summed E-state index contributed by atoms with van der Waals surface area (Å²) in [7, 11) is 2.17. The molecule has 3 aliphatic heterocycles. The zero-order valence-corrected chi connectivity index (χ0v) is 22.4. The lowest BCUT2D eigenvalue weighted by Crippen LogP contribution is -2.56. The average molecular weight is 512 g/mol. The number of nitrogens with zero attached hydrogens (tertiary/aromatic N) is 6. The van der Waals surface area contributed by atoms with Crippen molar-refractivity contribution in [2.45, 2.75) is 57.3 Å². The van der Waals surface area contributed by atoms with Crippen molar-refractivity contribution in [2.75, 3.05) is 49.6 Å². The minimum Gasteiger partial charge on any atom is -0.462 e. The third-order valence-electron chi connectivity index (χ3n) is 8.47. The lowest BCUT2D eigenvalue weighted by molar-refractivity contribution is 0.187. The molecule has 8 nitrogen and oxygen atoms in total. The number of rotatable bonds is 6. The van der Waals surface area contributed by atoms with Gasteiger partial charge in [0, 0.05) is 54.4 Å². The highest BCUT2D eigenvalue weighted by atomic mass is 16.5. The van der Waals surface area contributed by atoms with E-state index in [0.29, 0.717) is 25.1 Å². The zero-order valence-electron chi connectivity index (χ0n) is 22.4. The summed E-state index contributed by atoms with van der Waals surface area (Å²) in [6, 6.07) is 18.7. The van der Waals surface area contributed by atoms with Crippen LogP contribution in [-0.2, 0) is 13.0 Å². The number of piperazine rings is 1. The van der Waals surface area contributed by atoms with Crippen LogP contribution in [0.5, 0.6) is 6.01 Å². The summed E-state index contributed by atoms with van der Waals surface area (Å²) in [5.41, 5.74) is 3.51. The van der Waals surface area contributed by atoms with Crippen LogP contribution in [0.2, 0.25) is 0 Å². The van der Waals surface area contributed by atoms with Crippen LogP contribution < -0.4 is 19.9 Å². The standard InChI is InChI=1S/C30H37N7O/c1-21-17-32-23(12-14-31)18-37(21)29-26-13-16-36(28-11-5-8-22-7-3-4-10-25(22)28)19-27(26)33-30(34-29)38-20-24-9-6-15-35(24)2/h3-5,7-8,10-11,21,23-24,32H,6,9,12-13,15-20H2,1-2H3/t21-,23+,24+/m1/s1. The van der Waals surface area contributed by atoms with Crippen molar-refractivity contribution in [1.29, 1.82) is 5.26 Å². The van der Waals surface area contributed by atoms with Gasteiger partial charge < -0.3 is 24.8 Å². The molecule has 0 bridgehead atoms. The predicted molar refractivity (Wildman–Crippen MR) is 151 cm³/mol. The van der Waals surface area contributed by atoms with Crippen LogP contribution >= 0.6 is 0 Å². The molecule has 0 aliphatic carbocycles. The van der Waals surface area contributed by atoms with Crippen molar-refractivity contribution in [2.24, 2.45) is 0 Å². The van der Waals surface area contributed by atoms with E-state index in [1.165, 1.54) is 28.4 Å². The number of aromatic nitrogens is 2. The lowest BCUT2D eigenvalue weighted by atomic mass is 10.0. The van der Waals surface area contributed by atoms with Crippen LogP contribution in [0.4, 0.5) is 11.5 Å². The van der Waals surface area contributed by atoms with E-state index in [1.807, 2.05) is 0 Å². The number of likely N-dealkylation sites (N-methyl/N-ethyl adjacent to an activating group) is 1. The highest BCUT2D eigenvalue weighted by molar-refractivity contribution is 5.94. The van der Waals surface area contributed by atoms with Crippen LogP contribution in [0.3, 0.4) is 0 Å². The first-order valence-corrected chi connectivity index (χ1v) is 13.9. The number of anilines is 2. The number of ether oxygens (including phenoxy) is 1. The molecule has 0 radical (unpaired) electrons. The number of hydrogen-bond donors (Lipinski definition) is 1. The summed E-state index contributed by atoms with van der Waals surface area (Å²) >= 11 is 0. The number of fused-ring (bicyclic) bond motifs is 2. The maximum absolute atomic E-state index is 9.32. The second-order valence-corrected chi connectivity index (χ2v) is 11.0. The van der Waals surface area contributed by atoms with Crippen molar-refractivity contribution in [3.8, 4) is 12.1 Å². The summed E-state index contributed by atoms with van der Waals surface area (Å²) in [6.07, 6.45) is 3.72. The molecule has 2 saturated heterocycles. The number of benzene rings is 2. The molecule has 1 aromatic heterocycles. The SMILES string of the molecule is C[C@@H]1CN[C@@H](CC#N)CN1c1nc(OC[C@@H]2CCCN2C)nc2c1CCN(c1cccc3ccccc13)C2.